The summed E-state index contributed by atoms with van der Waals surface area (Å²) in [5.41, 5.74) is 13.3. The first-order valence-corrected chi connectivity index (χ1v) is 21.6. The van der Waals surface area contributed by atoms with Crippen LogP contribution in [0.1, 0.15) is 48.7 Å². The average Bonchev–Trinajstić information content (AvgIpc) is 3.78. The molecule has 284 valence electrons. The molecule has 0 fully saturated rings. The molecule has 11 rings (SSSR count). The second-order valence-electron chi connectivity index (χ2n) is 15.8. The highest BCUT2D eigenvalue weighted by Gasteiger charge is 2.31. The normalized spacial score (nSPS) is 17.1. The number of para-hydroxylation sites is 1. The number of rotatable bonds is 7. The van der Waals surface area contributed by atoms with Crippen LogP contribution in [0, 0.1) is 5.92 Å². The van der Waals surface area contributed by atoms with Crippen LogP contribution in [-0.4, -0.2) is 10.3 Å². The number of benzene rings is 8. The molecule has 8 aromatic carbocycles. The largest absolute Gasteiger partial charge is 0.309 e. The van der Waals surface area contributed by atoms with Crippen LogP contribution < -0.4 is 5.32 Å². The maximum atomic E-state index is 5.60. The Kier molecular flexibility index (Phi) is 9.02. The van der Waals surface area contributed by atoms with Crippen molar-refractivity contribution < 1.29 is 0 Å². The number of nitrogens with one attached hydrogen (secondary N) is 1. The molecule has 59 heavy (non-hydrogen) atoms. The first-order valence-electron chi connectivity index (χ1n) is 20.8. The van der Waals surface area contributed by atoms with Crippen molar-refractivity contribution in [2.45, 2.75) is 32.0 Å². The summed E-state index contributed by atoms with van der Waals surface area (Å²) in [6.07, 6.45) is 1.69. The van der Waals surface area contributed by atoms with E-state index in [1.807, 2.05) is 11.3 Å². The summed E-state index contributed by atoms with van der Waals surface area (Å²) in [5.74, 6) is 0.359. The van der Waals surface area contributed by atoms with E-state index in [1.54, 1.807) is 0 Å². The molecular weight excluding hydrogens is 735 g/mol. The summed E-state index contributed by atoms with van der Waals surface area (Å²) < 4.78 is 5.10. The Morgan fingerprint density at radius 1 is 0.542 bits per heavy atom. The molecule has 1 N–H and O–H groups in total. The highest BCUT2D eigenvalue weighted by Crippen LogP contribution is 2.43. The molecule has 2 aromatic heterocycles. The molecule has 0 saturated carbocycles. The van der Waals surface area contributed by atoms with Crippen molar-refractivity contribution in [3.8, 4) is 27.9 Å². The summed E-state index contributed by atoms with van der Waals surface area (Å²) in [6, 6.07) is 71.1. The fourth-order valence-corrected chi connectivity index (χ4v) is 10.7. The van der Waals surface area contributed by atoms with Crippen LogP contribution in [0.15, 0.2) is 199 Å². The van der Waals surface area contributed by atoms with Crippen molar-refractivity contribution in [1.82, 2.24) is 9.88 Å². The van der Waals surface area contributed by atoms with Crippen molar-refractivity contribution in [3.63, 3.8) is 0 Å². The lowest BCUT2D eigenvalue weighted by atomic mass is 9.85. The maximum Gasteiger partial charge on any atom is 0.126 e. The van der Waals surface area contributed by atoms with Gasteiger partial charge < -0.3 is 4.57 Å². The number of nitrogens with zero attached hydrogens (tertiary/aromatic N) is 2. The molecule has 3 nitrogen and oxygen atoms in total. The Hall–Kier alpha value is -6.59. The zero-order valence-electron chi connectivity index (χ0n) is 32.9. The number of aliphatic imine (C=N–C) groups is 1. The number of fused-ring (bicyclic) bond motifs is 6. The zero-order valence-corrected chi connectivity index (χ0v) is 33.7. The highest BCUT2D eigenvalue weighted by molar-refractivity contribution is 7.26. The molecular formula is C55H43N3S. The molecule has 3 heterocycles. The minimum atomic E-state index is -0.242. The van der Waals surface area contributed by atoms with Crippen LogP contribution in [0.2, 0.25) is 0 Å². The van der Waals surface area contributed by atoms with Crippen molar-refractivity contribution in [3.05, 3.63) is 211 Å². The minimum Gasteiger partial charge on any atom is -0.309 e. The van der Waals surface area contributed by atoms with Crippen molar-refractivity contribution in [1.29, 1.82) is 0 Å². The second-order valence-corrected chi connectivity index (χ2v) is 16.9. The molecule has 3 unspecified atom stereocenters. The van der Waals surface area contributed by atoms with Gasteiger partial charge in [-0.15, -0.1) is 11.3 Å². The van der Waals surface area contributed by atoms with Gasteiger partial charge in [-0.3, -0.25) is 10.3 Å². The van der Waals surface area contributed by atoms with Gasteiger partial charge in [0.1, 0.15) is 6.17 Å². The van der Waals surface area contributed by atoms with Crippen LogP contribution >= 0.6 is 11.3 Å². The molecule has 0 spiro atoms. The molecule has 0 amide bonds. The van der Waals surface area contributed by atoms with Gasteiger partial charge >= 0.3 is 0 Å². The molecule has 0 aliphatic carbocycles. The third-order valence-electron chi connectivity index (χ3n) is 12.4. The second kappa shape index (κ2) is 15.0. The number of hydrogen-bond acceptors (Lipinski definition) is 3. The quantitative estimate of drug-likeness (QED) is 0.172. The molecule has 1 aliphatic rings. The summed E-state index contributed by atoms with van der Waals surface area (Å²) in [5, 5.41) is 9.28. The third kappa shape index (κ3) is 6.37. The molecule has 1 aliphatic heterocycles. The lowest BCUT2D eigenvalue weighted by Gasteiger charge is -2.28. The Labute approximate surface area is 348 Å². The van der Waals surface area contributed by atoms with Crippen LogP contribution in [-0.2, 0) is 0 Å². The Bertz CT molecular complexity index is 3170. The van der Waals surface area contributed by atoms with Crippen LogP contribution in [0.3, 0.4) is 0 Å². The van der Waals surface area contributed by atoms with Gasteiger partial charge in [0.15, 0.2) is 0 Å². The van der Waals surface area contributed by atoms with Crippen molar-refractivity contribution in [2.75, 3.05) is 0 Å². The van der Waals surface area contributed by atoms with Crippen LogP contribution in [0.25, 0.3) is 69.9 Å². The molecule has 0 saturated heterocycles. The average molecular weight is 778 g/mol. The van der Waals surface area contributed by atoms with Gasteiger partial charge in [-0.2, -0.15) is 0 Å². The molecule has 0 bridgehead atoms. The molecule has 0 radical (unpaired) electrons. The van der Waals surface area contributed by atoms with Gasteiger partial charge in [0.25, 0.3) is 0 Å². The van der Waals surface area contributed by atoms with Crippen LogP contribution in [0.4, 0.5) is 0 Å². The van der Waals surface area contributed by atoms with Crippen LogP contribution in [0.5, 0.6) is 0 Å². The minimum absolute atomic E-state index is 0.110. The van der Waals surface area contributed by atoms with E-state index < -0.39 is 0 Å². The van der Waals surface area contributed by atoms with E-state index in [0.717, 1.165) is 29.8 Å². The van der Waals surface area contributed by atoms with E-state index in [1.165, 1.54) is 75.4 Å². The number of thiophene rings is 1. The maximum absolute atomic E-state index is 5.60. The topological polar surface area (TPSA) is 29.3 Å². The van der Waals surface area contributed by atoms with Gasteiger partial charge in [-0.25, -0.2) is 0 Å². The standard InChI is InChI=1S/C55H43N3S/c1-2-36-35-49(38-18-7-4-8-19-38)56-55(57-53(36)41-21-13-20-39(32-41)37-16-5-3-6-17-37)42-22-14-23-43(33-42)58-50-28-11-9-24-45(50)48-34-40(30-31-51(48)58)44-26-15-27-47-46-25-10-12-29-52(46)59-54(44)47/h3-34,36,53,55,57H,2,35H2,1H3. The van der Waals surface area contributed by atoms with Crippen molar-refractivity contribution in [2.24, 2.45) is 10.9 Å². The predicted octanol–water partition coefficient (Wildman–Crippen LogP) is 14.7. The monoisotopic (exact) mass is 777 g/mol. The van der Waals surface area contributed by atoms with Crippen molar-refractivity contribution >= 4 is 59.0 Å². The van der Waals surface area contributed by atoms with E-state index in [-0.39, 0.29) is 12.2 Å². The fraction of sp³-hybridized carbons (Fsp3) is 0.109. The lowest BCUT2D eigenvalue weighted by molar-refractivity contribution is 0.341. The van der Waals surface area contributed by atoms with E-state index in [0.29, 0.717) is 5.92 Å². The lowest BCUT2D eigenvalue weighted by Crippen LogP contribution is -2.29. The zero-order chi connectivity index (χ0) is 39.3. The van der Waals surface area contributed by atoms with E-state index in [2.05, 4.69) is 211 Å². The van der Waals surface area contributed by atoms with E-state index in [9.17, 15) is 0 Å². The summed E-state index contributed by atoms with van der Waals surface area (Å²) in [6.45, 7) is 2.32. The molecule has 3 atom stereocenters. The summed E-state index contributed by atoms with van der Waals surface area (Å²) >= 11 is 1.89. The van der Waals surface area contributed by atoms with Gasteiger partial charge in [-0.1, -0.05) is 165 Å². The first kappa shape index (κ1) is 35.6. The smallest absolute Gasteiger partial charge is 0.126 e. The van der Waals surface area contributed by atoms with Gasteiger partial charge in [0, 0.05) is 48.4 Å². The number of aromatic nitrogens is 1. The summed E-state index contributed by atoms with van der Waals surface area (Å²) in [7, 11) is 0. The van der Waals surface area contributed by atoms with Gasteiger partial charge in [-0.05, 0) is 93.7 Å². The fourth-order valence-electron chi connectivity index (χ4n) is 9.43. The third-order valence-corrected chi connectivity index (χ3v) is 13.6. The van der Waals surface area contributed by atoms with Gasteiger partial charge in [0.2, 0.25) is 0 Å². The highest BCUT2D eigenvalue weighted by atomic mass is 32.1. The SMILES string of the molecule is CCC1CC(c2ccccc2)=NC(c2cccc(-n3c4ccccc4c4cc(-c5cccc6c5sc5ccccc56)ccc43)c2)NC1c1cccc(-c2ccccc2)c1. The molecule has 4 heteroatoms. The Morgan fingerprint density at radius 2 is 1.22 bits per heavy atom. The Balaban J connectivity index is 1.03. The van der Waals surface area contributed by atoms with Gasteiger partial charge in [0.05, 0.1) is 11.0 Å². The molecule has 10 aromatic rings. The first-order chi connectivity index (χ1) is 29.2. The van der Waals surface area contributed by atoms with E-state index >= 15 is 0 Å². The number of hydrogen-bond donors (Lipinski definition) is 1. The summed E-state index contributed by atoms with van der Waals surface area (Å²) in [4.78, 5) is 5.60. The predicted molar refractivity (Wildman–Crippen MR) is 251 cm³/mol. The van der Waals surface area contributed by atoms with E-state index in [4.69, 9.17) is 4.99 Å². The Morgan fingerprint density at radius 3 is 2.07 bits per heavy atom.